The van der Waals surface area contributed by atoms with Crippen LogP contribution in [0.2, 0.25) is 0 Å². The van der Waals surface area contributed by atoms with E-state index in [9.17, 15) is 9.90 Å². The first kappa shape index (κ1) is 14.5. The summed E-state index contributed by atoms with van der Waals surface area (Å²) >= 11 is 0. The highest BCUT2D eigenvalue weighted by Crippen LogP contribution is 2.23. The van der Waals surface area contributed by atoms with Crippen LogP contribution in [0.15, 0.2) is 29.4 Å². The van der Waals surface area contributed by atoms with Gasteiger partial charge in [-0.05, 0) is 26.0 Å². The van der Waals surface area contributed by atoms with Crippen molar-refractivity contribution in [2.75, 3.05) is 20.0 Å². The molecule has 0 spiro atoms. The Morgan fingerprint density at radius 1 is 1.35 bits per heavy atom. The summed E-state index contributed by atoms with van der Waals surface area (Å²) in [6, 6.07) is 6.31. The number of phenols is 1. The number of amides is 1. The maximum absolute atomic E-state index is 11.9. The fourth-order valence-corrected chi connectivity index (χ4v) is 1.84. The molecule has 1 fully saturated rings. The van der Waals surface area contributed by atoms with Crippen molar-refractivity contribution >= 4 is 11.6 Å². The number of benzene rings is 1. The Balaban J connectivity index is 2.05. The minimum absolute atomic E-state index is 0.0756. The molecule has 1 aromatic rings. The van der Waals surface area contributed by atoms with E-state index in [2.05, 4.69) is 10.5 Å². The van der Waals surface area contributed by atoms with Crippen LogP contribution in [0.1, 0.15) is 24.2 Å². The summed E-state index contributed by atoms with van der Waals surface area (Å²) in [5.41, 5.74) is 2.98. The van der Waals surface area contributed by atoms with Crippen molar-refractivity contribution in [1.82, 2.24) is 5.43 Å². The van der Waals surface area contributed by atoms with Gasteiger partial charge in [-0.3, -0.25) is 4.79 Å². The Labute approximate surface area is 117 Å². The molecule has 0 saturated carbocycles. The van der Waals surface area contributed by atoms with Crippen molar-refractivity contribution in [2.24, 2.45) is 10.5 Å². The van der Waals surface area contributed by atoms with Crippen LogP contribution in [0.25, 0.3) is 0 Å². The lowest BCUT2D eigenvalue weighted by atomic mass is 9.87. The monoisotopic (exact) mass is 278 g/mol. The minimum atomic E-state index is -0.455. The molecule has 6 nitrogen and oxygen atoms in total. The van der Waals surface area contributed by atoms with Crippen molar-refractivity contribution in [2.45, 2.75) is 13.8 Å². The van der Waals surface area contributed by atoms with E-state index in [1.54, 1.807) is 12.1 Å². The first-order chi connectivity index (χ1) is 9.53. The number of rotatable bonds is 3. The molecule has 1 amide bonds. The Morgan fingerprint density at radius 2 is 2.00 bits per heavy atom. The van der Waals surface area contributed by atoms with Crippen LogP contribution in [-0.4, -0.2) is 36.7 Å². The largest absolute Gasteiger partial charge is 0.507 e. The van der Waals surface area contributed by atoms with E-state index in [4.69, 9.17) is 9.47 Å². The first-order valence-electron chi connectivity index (χ1n) is 6.31. The molecular formula is C14H18N2O4. The van der Waals surface area contributed by atoms with E-state index in [1.165, 1.54) is 12.1 Å². The molecule has 0 aromatic heterocycles. The summed E-state index contributed by atoms with van der Waals surface area (Å²) in [7, 11) is 0. The van der Waals surface area contributed by atoms with Gasteiger partial charge >= 0.3 is 0 Å². The average molecular weight is 278 g/mol. The molecule has 1 aliphatic rings. The molecule has 1 saturated heterocycles. The van der Waals surface area contributed by atoms with Crippen molar-refractivity contribution < 1.29 is 19.4 Å². The van der Waals surface area contributed by atoms with Gasteiger partial charge in [0.2, 0.25) is 0 Å². The summed E-state index contributed by atoms with van der Waals surface area (Å²) < 4.78 is 10.5. The Hall–Kier alpha value is -1.92. The van der Waals surface area contributed by atoms with Gasteiger partial charge in [0.05, 0.1) is 24.2 Å². The van der Waals surface area contributed by atoms with Crippen LogP contribution in [0.5, 0.6) is 5.75 Å². The minimum Gasteiger partial charge on any atom is -0.507 e. The summed E-state index contributed by atoms with van der Waals surface area (Å²) in [5.74, 6) is -0.530. The molecule has 2 rings (SSSR count). The third kappa shape index (κ3) is 3.15. The Kier molecular flexibility index (Phi) is 4.36. The smallest absolute Gasteiger partial charge is 0.275 e. The van der Waals surface area contributed by atoms with E-state index in [-0.39, 0.29) is 23.5 Å². The number of carbonyl (C=O) groups excluding carboxylic acids is 1. The third-order valence-corrected chi connectivity index (χ3v) is 3.36. The third-order valence-electron chi connectivity index (χ3n) is 3.36. The van der Waals surface area contributed by atoms with Gasteiger partial charge in [-0.25, -0.2) is 5.43 Å². The molecule has 0 aliphatic carbocycles. The number of nitrogens with one attached hydrogen (secondary N) is 1. The van der Waals surface area contributed by atoms with E-state index in [0.717, 1.165) is 0 Å². The highest BCUT2D eigenvalue weighted by Gasteiger charge is 2.32. The van der Waals surface area contributed by atoms with Gasteiger partial charge in [-0.2, -0.15) is 5.10 Å². The molecule has 6 heteroatoms. The van der Waals surface area contributed by atoms with Crippen LogP contribution >= 0.6 is 0 Å². The highest BCUT2D eigenvalue weighted by molar-refractivity contribution is 5.98. The lowest BCUT2D eigenvalue weighted by molar-refractivity contribution is -0.138. The standard InChI is InChI=1S/C14H18N2O4/c1-10(14(2)7-19-9-20-8-14)15-16-13(18)11-5-3-4-6-12(11)17/h3-6,17H,7-9H2,1-2H3,(H,16,18)/b15-10+. The van der Waals surface area contributed by atoms with Crippen molar-refractivity contribution in [3.05, 3.63) is 29.8 Å². The van der Waals surface area contributed by atoms with E-state index >= 15 is 0 Å². The number of hydrogen-bond donors (Lipinski definition) is 2. The second-order valence-electron chi connectivity index (χ2n) is 5.03. The van der Waals surface area contributed by atoms with Crippen LogP contribution in [-0.2, 0) is 9.47 Å². The SMILES string of the molecule is C/C(=N\NC(=O)c1ccccc1O)C1(C)COCOC1. The van der Waals surface area contributed by atoms with Crippen LogP contribution < -0.4 is 5.43 Å². The fraction of sp³-hybridized carbons (Fsp3) is 0.429. The predicted octanol–water partition coefficient (Wildman–Crippen LogP) is 1.51. The van der Waals surface area contributed by atoms with E-state index in [0.29, 0.717) is 18.9 Å². The number of nitrogens with zero attached hydrogens (tertiary/aromatic N) is 1. The number of phenolic OH excluding ortho intramolecular Hbond substituents is 1. The normalized spacial score (nSPS) is 18.6. The summed E-state index contributed by atoms with van der Waals surface area (Å²) in [6.45, 7) is 5.04. The molecule has 1 heterocycles. The number of aromatic hydroxyl groups is 1. The van der Waals surface area contributed by atoms with Crippen LogP contribution in [0.3, 0.4) is 0 Å². The van der Waals surface area contributed by atoms with E-state index in [1.807, 2.05) is 13.8 Å². The van der Waals surface area contributed by atoms with Gasteiger partial charge in [0.15, 0.2) is 0 Å². The molecular weight excluding hydrogens is 260 g/mol. The van der Waals surface area contributed by atoms with E-state index < -0.39 is 5.91 Å². The molecule has 0 radical (unpaired) electrons. The molecule has 0 unspecified atom stereocenters. The Bertz CT molecular complexity index is 522. The van der Waals surface area contributed by atoms with Gasteiger partial charge in [0.25, 0.3) is 5.91 Å². The number of para-hydroxylation sites is 1. The summed E-state index contributed by atoms with van der Waals surface area (Å²) in [5, 5.41) is 13.7. The quantitative estimate of drug-likeness (QED) is 0.648. The Morgan fingerprint density at radius 3 is 2.65 bits per heavy atom. The summed E-state index contributed by atoms with van der Waals surface area (Å²) in [4.78, 5) is 11.9. The topological polar surface area (TPSA) is 80.2 Å². The van der Waals surface area contributed by atoms with Gasteiger partial charge < -0.3 is 14.6 Å². The predicted molar refractivity (Wildman–Crippen MR) is 73.6 cm³/mol. The molecule has 0 atom stereocenters. The fourth-order valence-electron chi connectivity index (χ4n) is 1.84. The number of ether oxygens (including phenoxy) is 2. The number of hydrogen-bond acceptors (Lipinski definition) is 5. The highest BCUT2D eigenvalue weighted by atomic mass is 16.7. The van der Waals surface area contributed by atoms with Crippen LogP contribution in [0.4, 0.5) is 0 Å². The zero-order valence-electron chi connectivity index (χ0n) is 11.5. The molecule has 20 heavy (non-hydrogen) atoms. The lowest BCUT2D eigenvalue weighted by Crippen LogP contribution is -2.41. The molecule has 1 aromatic carbocycles. The lowest BCUT2D eigenvalue weighted by Gasteiger charge is -2.32. The van der Waals surface area contributed by atoms with Crippen molar-refractivity contribution in [3.8, 4) is 5.75 Å². The van der Waals surface area contributed by atoms with Crippen molar-refractivity contribution in [3.63, 3.8) is 0 Å². The molecule has 108 valence electrons. The maximum atomic E-state index is 11.9. The van der Waals surface area contributed by atoms with Crippen LogP contribution in [0, 0.1) is 5.41 Å². The second kappa shape index (κ2) is 6.02. The number of hydrazone groups is 1. The summed E-state index contributed by atoms with van der Waals surface area (Å²) in [6.07, 6.45) is 0. The first-order valence-corrected chi connectivity index (χ1v) is 6.31. The second-order valence-corrected chi connectivity index (χ2v) is 5.03. The zero-order chi connectivity index (χ0) is 14.6. The van der Waals surface area contributed by atoms with Gasteiger partial charge in [0.1, 0.15) is 12.5 Å². The average Bonchev–Trinajstić information content (AvgIpc) is 2.45. The molecule has 1 aliphatic heterocycles. The van der Waals surface area contributed by atoms with Crippen molar-refractivity contribution in [1.29, 1.82) is 0 Å². The maximum Gasteiger partial charge on any atom is 0.275 e. The van der Waals surface area contributed by atoms with Gasteiger partial charge in [-0.15, -0.1) is 0 Å². The number of carbonyl (C=O) groups is 1. The van der Waals surface area contributed by atoms with Gasteiger partial charge in [0, 0.05) is 5.71 Å². The zero-order valence-corrected chi connectivity index (χ0v) is 11.5. The van der Waals surface area contributed by atoms with Gasteiger partial charge in [-0.1, -0.05) is 12.1 Å². The molecule has 2 N–H and O–H groups in total. The molecule has 0 bridgehead atoms.